The van der Waals surface area contributed by atoms with Crippen molar-refractivity contribution >= 4 is 11.7 Å². The van der Waals surface area contributed by atoms with E-state index in [0.717, 1.165) is 12.1 Å². The standard InChI is InChI=1S/C24H24F3NO5/c1-3-33-18-8-5-4-7-17(18)21(29)19-20(15-9-11-16(12-10-15)24(25,26)27)28(13-6-14-32-2)23(31)22(19)30/h4-5,7-12,20,30H,3,6,13-14H2,1-2H3. The molecule has 176 valence electrons. The number of Topliss-reactive ketones (excluding diaryl/α,β-unsaturated/α-hetero) is 1. The van der Waals surface area contributed by atoms with Crippen molar-refractivity contribution in [2.45, 2.75) is 25.6 Å². The monoisotopic (exact) mass is 463 g/mol. The summed E-state index contributed by atoms with van der Waals surface area (Å²) in [5.41, 5.74) is -0.645. The van der Waals surface area contributed by atoms with Crippen LogP contribution in [0.15, 0.2) is 59.9 Å². The zero-order chi connectivity index (χ0) is 24.2. The molecule has 1 aliphatic heterocycles. The molecule has 1 aliphatic rings. The molecule has 0 spiro atoms. The summed E-state index contributed by atoms with van der Waals surface area (Å²) in [6.45, 7) is 2.49. The number of rotatable bonds is 9. The van der Waals surface area contributed by atoms with E-state index in [1.165, 1.54) is 30.2 Å². The third-order valence-electron chi connectivity index (χ3n) is 5.28. The highest BCUT2D eigenvalue weighted by Crippen LogP contribution is 2.41. The third-order valence-corrected chi connectivity index (χ3v) is 5.28. The van der Waals surface area contributed by atoms with Crippen molar-refractivity contribution in [3.8, 4) is 5.75 Å². The number of carbonyl (C=O) groups is 2. The Balaban J connectivity index is 2.08. The van der Waals surface area contributed by atoms with E-state index in [0.29, 0.717) is 19.6 Å². The maximum atomic E-state index is 13.5. The van der Waals surface area contributed by atoms with Crippen LogP contribution in [0.1, 0.15) is 40.9 Å². The lowest BCUT2D eigenvalue weighted by atomic mass is 9.92. The minimum atomic E-state index is -4.53. The van der Waals surface area contributed by atoms with Crippen LogP contribution in [0, 0.1) is 0 Å². The lowest BCUT2D eigenvalue weighted by Gasteiger charge is -2.27. The number of alkyl halides is 3. The molecule has 0 saturated heterocycles. The molecule has 3 rings (SSSR count). The highest BCUT2D eigenvalue weighted by atomic mass is 19.4. The molecule has 1 atom stereocenters. The zero-order valence-corrected chi connectivity index (χ0v) is 18.2. The molecule has 1 N–H and O–H groups in total. The van der Waals surface area contributed by atoms with Crippen molar-refractivity contribution < 1.29 is 37.3 Å². The van der Waals surface area contributed by atoms with Crippen molar-refractivity contribution in [3.05, 3.63) is 76.6 Å². The number of aliphatic hydroxyl groups excluding tert-OH is 1. The largest absolute Gasteiger partial charge is 0.503 e. The summed E-state index contributed by atoms with van der Waals surface area (Å²) < 4.78 is 49.7. The SMILES string of the molecule is CCOc1ccccc1C(=O)C1=C(O)C(=O)N(CCCOC)C1c1ccc(C(F)(F)F)cc1. The Bertz CT molecular complexity index is 1050. The Morgan fingerprint density at radius 2 is 1.79 bits per heavy atom. The lowest BCUT2D eigenvalue weighted by Crippen LogP contribution is -2.32. The van der Waals surface area contributed by atoms with E-state index in [2.05, 4.69) is 0 Å². The first-order chi connectivity index (χ1) is 15.7. The molecule has 1 heterocycles. The number of nitrogens with zero attached hydrogens (tertiary/aromatic N) is 1. The molecular weight excluding hydrogens is 439 g/mol. The molecule has 1 amide bonds. The first-order valence-corrected chi connectivity index (χ1v) is 10.4. The zero-order valence-electron chi connectivity index (χ0n) is 18.2. The summed E-state index contributed by atoms with van der Waals surface area (Å²) in [5, 5.41) is 10.7. The van der Waals surface area contributed by atoms with Gasteiger partial charge in [0.2, 0.25) is 0 Å². The van der Waals surface area contributed by atoms with Crippen LogP contribution in [0.2, 0.25) is 0 Å². The number of ketones is 1. The maximum absolute atomic E-state index is 13.5. The van der Waals surface area contributed by atoms with Crippen LogP contribution in [0.3, 0.4) is 0 Å². The van der Waals surface area contributed by atoms with Crippen LogP contribution in [0.4, 0.5) is 13.2 Å². The van der Waals surface area contributed by atoms with Crippen molar-refractivity contribution in [1.29, 1.82) is 0 Å². The fourth-order valence-electron chi connectivity index (χ4n) is 3.78. The van der Waals surface area contributed by atoms with Crippen LogP contribution in [0.5, 0.6) is 5.75 Å². The predicted molar refractivity (Wildman–Crippen MR) is 114 cm³/mol. The van der Waals surface area contributed by atoms with Gasteiger partial charge in [-0.1, -0.05) is 24.3 Å². The fraction of sp³-hybridized carbons (Fsp3) is 0.333. The van der Waals surface area contributed by atoms with Crippen molar-refractivity contribution in [3.63, 3.8) is 0 Å². The van der Waals surface area contributed by atoms with Gasteiger partial charge in [-0.2, -0.15) is 13.2 Å². The van der Waals surface area contributed by atoms with Gasteiger partial charge >= 0.3 is 6.18 Å². The Morgan fingerprint density at radius 1 is 1.12 bits per heavy atom. The topological polar surface area (TPSA) is 76.1 Å². The summed E-state index contributed by atoms with van der Waals surface area (Å²) >= 11 is 0. The van der Waals surface area contributed by atoms with E-state index in [1.54, 1.807) is 25.1 Å². The summed E-state index contributed by atoms with van der Waals surface area (Å²) in [6, 6.07) is 9.54. The average Bonchev–Trinajstić information content (AvgIpc) is 3.04. The highest BCUT2D eigenvalue weighted by Gasteiger charge is 2.44. The van der Waals surface area contributed by atoms with Gasteiger partial charge in [0.1, 0.15) is 5.75 Å². The Morgan fingerprint density at radius 3 is 2.39 bits per heavy atom. The average molecular weight is 463 g/mol. The number of halogens is 3. The number of hydrogen-bond acceptors (Lipinski definition) is 5. The summed E-state index contributed by atoms with van der Waals surface area (Å²) in [4.78, 5) is 27.7. The number of amides is 1. The first-order valence-electron chi connectivity index (χ1n) is 10.4. The quantitative estimate of drug-likeness (QED) is 0.430. The van der Waals surface area contributed by atoms with E-state index in [9.17, 15) is 27.9 Å². The second kappa shape index (κ2) is 10.1. The molecule has 0 radical (unpaired) electrons. The van der Waals surface area contributed by atoms with E-state index in [1.807, 2.05) is 0 Å². The molecule has 0 aliphatic carbocycles. The molecule has 1 unspecified atom stereocenters. The number of carbonyl (C=O) groups excluding carboxylic acids is 2. The molecule has 2 aromatic carbocycles. The van der Waals surface area contributed by atoms with Gasteiger partial charge in [0.15, 0.2) is 11.5 Å². The molecule has 0 bridgehead atoms. The lowest BCUT2D eigenvalue weighted by molar-refractivity contribution is -0.137. The van der Waals surface area contributed by atoms with Gasteiger partial charge in [-0.25, -0.2) is 0 Å². The van der Waals surface area contributed by atoms with E-state index >= 15 is 0 Å². The molecular formula is C24H24F3NO5. The van der Waals surface area contributed by atoms with Gasteiger partial charge in [-0.15, -0.1) is 0 Å². The van der Waals surface area contributed by atoms with Crippen LogP contribution in [-0.4, -0.2) is 48.6 Å². The van der Waals surface area contributed by atoms with E-state index < -0.39 is 35.2 Å². The second-order valence-electron chi connectivity index (χ2n) is 7.39. The Labute approximate surface area is 189 Å². The van der Waals surface area contributed by atoms with Crippen molar-refractivity contribution in [2.75, 3.05) is 26.9 Å². The normalized spacial score (nSPS) is 16.5. The van der Waals surface area contributed by atoms with E-state index in [-0.39, 0.29) is 29.0 Å². The molecule has 2 aromatic rings. The number of methoxy groups -OCH3 is 1. The van der Waals surface area contributed by atoms with Crippen molar-refractivity contribution in [1.82, 2.24) is 4.90 Å². The molecule has 33 heavy (non-hydrogen) atoms. The summed E-state index contributed by atoms with van der Waals surface area (Å²) in [7, 11) is 1.49. The van der Waals surface area contributed by atoms with Gasteiger partial charge in [-0.3, -0.25) is 9.59 Å². The number of benzene rings is 2. The van der Waals surface area contributed by atoms with Gasteiger partial charge in [0.25, 0.3) is 5.91 Å². The number of hydrogen-bond donors (Lipinski definition) is 1. The Kier molecular flexibility index (Phi) is 7.43. The van der Waals surface area contributed by atoms with Crippen LogP contribution < -0.4 is 4.74 Å². The molecule has 9 heteroatoms. The summed E-state index contributed by atoms with van der Waals surface area (Å²) in [6.07, 6.45) is -4.13. The van der Waals surface area contributed by atoms with Gasteiger partial charge < -0.3 is 19.5 Å². The van der Waals surface area contributed by atoms with Gasteiger partial charge in [-0.05, 0) is 43.2 Å². The summed E-state index contributed by atoms with van der Waals surface area (Å²) in [5.74, 6) is -1.85. The highest BCUT2D eigenvalue weighted by molar-refractivity contribution is 6.17. The minimum Gasteiger partial charge on any atom is -0.503 e. The Hall–Kier alpha value is -3.33. The van der Waals surface area contributed by atoms with Crippen LogP contribution in [-0.2, 0) is 15.7 Å². The first kappa shape index (κ1) is 24.3. The molecule has 0 saturated carbocycles. The van der Waals surface area contributed by atoms with Crippen molar-refractivity contribution in [2.24, 2.45) is 0 Å². The predicted octanol–water partition coefficient (Wildman–Crippen LogP) is 4.72. The third kappa shape index (κ3) is 5.03. The number of ether oxygens (including phenoxy) is 2. The van der Waals surface area contributed by atoms with Crippen LogP contribution in [0.25, 0.3) is 0 Å². The van der Waals surface area contributed by atoms with Gasteiger partial charge in [0, 0.05) is 20.3 Å². The van der Waals surface area contributed by atoms with Crippen LogP contribution >= 0.6 is 0 Å². The minimum absolute atomic E-state index is 0.131. The number of aliphatic hydroxyl groups is 1. The maximum Gasteiger partial charge on any atom is 0.416 e. The van der Waals surface area contributed by atoms with E-state index in [4.69, 9.17) is 9.47 Å². The second-order valence-corrected chi connectivity index (χ2v) is 7.39. The van der Waals surface area contributed by atoms with Gasteiger partial charge in [0.05, 0.1) is 29.3 Å². The fourth-order valence-corrected chi connectivity index (χ4v) is 3.78. The molecule has 6 nitrogen and oxygen atoms in total. The number of para-hydroxylation sites is 1. The smallest absolute Gasteiger partial charge is 0.416 e. The molecule has 0 fully saturated rings. The molecule has 0 aromatic heterocycles.